The minimum Gasteiger partial charge on any atom is -0.357 e. The molecule has 5 heteroatoms. The highest BCUT2D eigenvalue weighted by atomic mass is 35.5. The second-order valence-electron chi connectivity index (χ2n) is 4.79. The van der Waals surface area contributed by atoms with Crippen molar-refractivity contribution in [1.29, 1.82) is 0 Å². The zero-order chi connectivity index (χ0) is 14.5. The van der Waals surface area contributed by atoms with E-state index in [2.05, 4.69) is 10.6 Å². The first-order valence-electron chi connectivity index (χ1n) is 6.45. The molecule has 106 valence electrons. The van der Waals surface area contributed by atoms with Crippen molar-refractivity contribution in [2.45, 2.75) is 19.5 Å². The molecule has 0 unspecified atom stereocenters. The quantitative estimate of drug-likeness (QED) is 0.892. The number of nitrogens with zero attached hydrogens (tertiary/aromatic N) is 1. The standard InChI is InChI=1S/C15H18ClN3O/c1-11(13-4-3-5-14(16)8-13)18-15(20)17-9-12-6-7-19(2)10-12/h3-8,10-11H,9H2,1-2H3,(H2,17,18,20)/t11-/m0/s1. The van der Waals surface area contributed by atoms with Crippen molar-refractivity contribution in [3.05, 3.63) is 58.9 Å². The Morgan fingerprint density at radius 1 is 1.40 bits per heavy atom. The number of urea groups is 1. The van der Waals surface area contributed by atoms with E-state index in [0.717, 1.165) is 11.1 Å². The molecule has 2 rings (SSSR count). The van der Waals surface area contributed by atoms with Gasteiger partial charge in [-0.25, -0.2) is 4.79 Å². The Hall–Kier alpha value is -1.94. The number of nitrogens with one attached hydrogen (secondary N) is 2. The van der Waals surface area contributed by atoms with Gasteiger partial charge in [0.15, 0.2) is 0 Å². The van der Waals surface area contributed by atoms with Crippen LogP contribution in [0.25, 0.3) is 0 Å². The molecule has 0 aliphatic heterocycles. The third-order valence-electron chi connectivity index (χ3n) is 3.04. The van der Waals surface area contributed by atoms with Crippen LogP contribution in [-0.4, -0.2) is 10.6 Å². The lowest BCUT2D eigenvalue weighted by atomic mass is 10.1. The Kier molecular flexibility index (Phi) is 4.69. The second kappa shape index (κ2) is 6.48. The maximum absolute atomic E-state index is 11.8. The van der Waals surface area contributed by atoms with Crippen LogP contribution in [0.3, 0.4) is 0 Å². The topological polar surface area (TPSA) is 46.1 Å². The van der Waals surface area contributed by atoms with Crippen LogP contribution in [0.4, 0.5) is 4.79 Å². The lowest BCUT2D eigenvalue weighted by molar-refractivity contribution is 0.237. The Bertz CT molecular complexity index is 594. The number of aromatic nitrogens is 1. The largest absolute Gasteiger partial charge is 0.357 e. The van der Waals surface area contributed by atoms with E-state index < -0.39 is 0 Å². The highest BCUT2D eigenvalue weighted by Crippen LogP contribution is 2.17. The van der Waals surface area contributed by atoms with Crippen molar-refractivity contribution in [1.82, 2.24) is 15.2 Å². The predicted molar refractivity (Wildman–Crippen MR) is 80.7 cm³/mol. The van der Waals surface area contributed by atoms with Crippen LogP contribution in [0, 0.1) is 0 Å². The summed E-state index contributed by atoms with van der Waals surface area (Å²) in [4.78, 5) is 11.8. The van der Waals surface area contributed by atoms with Crippen LogP contribution >= 0.6 is 11.6 Å². The Balaban J connectivity index is 1.85. The lowest BCUT2D eigenvalue weighted by Crippen LogP contribution is -2.36. The molecule has 2 amide bonds. The fourth-order valence-electron chi connectivity index (χ4n) is 1.95. The fourth-order valence-corrected chi connectivity index (χ4v) is 2.15. The first-order valence-corrected chi connectivity index (χ1v) is 6.83. The number of aryl methyl sites for hydroxylation is 1. The number of hydrogen-bond acceptors (Lipinski definition) is 1. The lowest BCUT2D eigenvalue weighted by Gasteiger charge is -2.15. The summed E-state index contributed by atoms with van der Waals surface area (Å²) in [6.45, 7) is 2.43. The van der Waals surface area contributed by atoms with E-state index in [1.807, 2.05) is 61.3 Å². The number of amides is 2. The molecule has 0 saturated carbocycles. The molecule has 2 aromatic rings. The van der Waals surface area contributed by atoms with Gasteiger partial charge in [-0.1, -0.05) is 23.7 Å². The molecule has 1 heterocycles. The van der Waals surface area contributed by atoms with Crippen LogP contribution in [0.15, 0.2) is 42.7 Å². The third kappa shape index (κ3) is 4.03. The molecular formula is C15H18ClN3O. The van der Waals surface area contributed by atoms with Crippen LogP contribution in [0.5, 0.6) is 0 Å². The average molecular weight is 292 g/mol. The molecule has 0 spiro atoms. The molecule has 1 aromatic carbocycles. The van der Waals surface area contributed by atoms with Gasteiger partial charge in [-0.05, 0) is 36.2 Å². The molecule has 20 heavy (non-hydrogen) atoms. The number of rotatable bonds is 4. The Labute approximate surface area is 123 Å². The zero-order valence-electron chi connectivity index (χ0n) is 11.6. The number of carbonyl (C=O) groups excluding carboxylic acids is 1. The molecule has 4 nitrogen and oxygen atoms in total. The van der Waals surface area contributed by atoms with E-state index in [4.69, 9.17) is 11.6 Å². The van der Waals surface area contributed by atoms with Crippen molar-refractivity contribution in [2.24, 2.45) is 7.05 Å². The van der Waals surface area contributed by atoms with Crippen LogP contribution in [0.1, 0.15) is 24.1 Å². The van der Waals surface area contributed by atoms with Gasteiger partial charge in [-0.15, -0.1) is 0 Å². The van der Waals surface area contributed by atoms with Crippen LogP contribution in [-0.2, 0) is 13.6 Å². The summed E-state index contributed by atoms with van der Waals surface area (Å²) >= 11 is 5.94. The third-order valence-corrected chi connectivity index (χ3v) is 3.28. The fraction of sp³-hybridized carbons (Fsp3) is 0.267. The molecular weight excluding hydrogens is 274 g/mol. The molecule has 0 fully saturated rings. The van der Waals surface area contributed by atoms with Gasteiger partial charge in [0.1, 0.15) is 0 Å². The summed E-state index contributed by atoms with van der Waals surface area (Å²) in [7, 11) is 1.95. The number of hydrogen-bond donors (Lipinski definition) is 2. The number of halogens is 1. The first-order chi connectivity index (χ1) is 9.54. The van der Waals surface area contributed by atoms with Gasteiger partial charge in [0.2, 0.25) is 0 Å². The normalized spacial score (nSPS) is 11.9. The monoisotopic (exact) mass is 291 g/mol. The van der Waals surface area contributed by atoms with Crippen LogP contribution < -0.4 is 10.6 Å². The van der Waals surface area contributed by atoms with Gasteiger partial charge in [0.25, 0.3) is 0 Å². The molecule has 0 bridgehead atoms. The van der Waals surface area contributed by atoms with Gasteiger partial charge in [0.05, 0.1) is 6.04 Å². The summed E-state index contributed by atoms with van der Waals surface area (Å²) < 4.78 is 1.95. The first kappa shape index (κ1) is 14.5. The minimum absolute atomic E-state index is 0.0931. The molecule has 0 saturated heterocycles. The van der Waals surface area contributed by atoms with E-state index in [1.165, 1.54) is 0 Å². The highest BCUT2D eigenvalue weighted by molar-refractivity contribution is 6.30. The van der Waals surface area contributed by atoms with Crippen molar-refractivity contribution in [2.75, 3.05) is 0 Å². The van der Waals surface area contributed by atoms with E-state index >= 15 is 0 Å². The molecule has 1 aromatic heterocycles. The van der Waals surface area contributed by atoms with Crippen LogP contribution in [0.2, 0.25) is 5.02 Å². The maximum Gasteiger partial charge on any atom is 0.315 e. The second-order valence-corrected chi connectivity index (χ2v) is 5.23. The summed E-state index contributed by atoms with van der Waals surface area (Å²) in [6, 6.07) is 9.16. The van der Waals surface area contributed by atoms with Crippen molar-refractivity contribution < 1.29 is 4.79 Å². The summed E-state index contributed by atoms with van der Waals surface area (Å²) in [6.07, 6.45) is 3.92. The van der Waals surface area contributed by atoms with Crippen molar-refractivity contribution >= 4 is 17.6 Å². The Morgan fingerprint density at radius 2 is 2.20 bits per heavy atom. The smallest absolute Gasteiger partial charge is 0.315 e. The maximum atomic E-state index is 11.8. The van der Waals surface area contributed by atoms with Gasteiger partial charge < -0.3 is 15.2 Å². The molecule has 0 radical (unpaired) electrons. The predicted octanol–water partition coefficient (Wildman–Crippen LogP) is 3.24. The molecule has 0 aliphatic carbocycles. The van der Waals surface area contributed by atoms with Gasteiger partial charge in [0, 0.05) is 31.0 Å². The number of benzene rings is 1. The van der Waals surface area contributed by atoms with Gasteiger partial charge in [-0.3, -0.25) is 0 Å². The molecule has 2 N–H and O–H groups in total. The summed E-state index contributed by atoms with van der Waals surface area (Å²) in [5.74, 6) is 0. The van der Waals surface area contributed by atoms with E-state index in [9.17, 15) is 4.79 Å². The van der Waals surface area contributed by atoms with Crippen molar-refractivity contribution in [3.63, 3.8) is 0 Å². The zero-order valence-corrected chi connectivity index (χ0v) is 12.3. The van der Waals surface area contributed by atoms with E-state index in [-0.39, 0.29) is 12.1 Å². The van der Waals surface area contributed by atoms with Crippen molar-refractivity contribution in [3.8, 4) is 0 Å². The minimum atomic E-state index is -0.193. The van der Waals surface area contributed by atoms with Gasteiger partial charge >= 0.3 is 6.03 Å². The summed E-state index contributed by atoms with van der Waals surface area (Å²) in [5, 5.41) is 6.38. The van der Waals surface area contributed by atoms with E-state index in [0.29, 0.717) is 11.6 Å². The number of carbonyl (C=O) groups is 1. The molecule has 1 atom stereocenters. The summed E-state index contributed by atoms with van der Waals surface area (Å²) in [5.41, 5.74) is 2.05. The highest BCUT2D eigenvalue weighted by Gasteiger charge is 2.09. The van der Waals surface area contributed by atoms with Gasteiger partial charge in [-0.2, -0.15) is 0 Å². The SMILES string of the molecule is C[C@H](NC(=O)NCc1ccn(C)c1)c1cccc(Cl)c1. The average Bonchev–Trinajstić information content (AvgIpc) is 2.82. The van der Waals surface area contributed by atoms with E-state index in [1.54, 1.807) is 0 Å². The Morgan fingerprint density at radius 3 is 2.85 bits per heavy atom. The molecule has 0 aliphatic rings.